The van der Waals surface area contributed by atoms with E-state index in [4.69, 9.17) is 5.11 Å². The summed E-state index contributed by atoms with van der Waals surface area (Å²) in [6.45, 7) is 1.30. The summed E-state index contributed by atoms with van der Waals surface area (Å²) in [4.78, 5) is 28.1. The van der Waals surface area contributed by atoms with E-state index in [1.807, 2.05) is 0 Å². The van der Waals surface area contributed by atoms with Crippen molar-refractivity contribution in [3.8, 4) is 0 Å². The Hall–Kier alpha value is -1.92. The zero-order chi connectivity index (χ0) is 13.0. The van der Waals surface area contributed by atoms with Crippen molar-refractivity contribution in [1.29, 1.82) is 0 Å². The number of carbonyl (C=O) groups is 2. The Labute approximate surface area is 104 Å². The molecule has 0 bridgehead atoms. The predicted octanol–water partition coefficient (Wildman–Crippen LogP) is 0.522. The van der Waals surface area contributed by atoms with Crippen LogP contribution in [0.4, 0.5) is 0 Å². The number of carboxylic acid groups (broad SMARTS) is 1. The largest absolute Gasteiger partial charge is 0.481 e. The minimum atomic E-state index is -0.784. The molecule has 1 atom stereocenters. The highest BCUT2D eigenvalue weighted by molar-refractivity contribution is 5.90. The van der Waals surface area contributed by atoms with Crippen LogP contribution in [0.25, 0.3) is 0 Å². The van der Waals surface area contributed by atoms with Crippen LogP contribution in [0.1, 0.15) is 36.3 Å². The van der Waals surface area contributed by atoms with Crippen LogP contribution in [0.3, 0.4) is 0 Å². The highest BCUT2D eigenvalue weighted by atomic mass is 16.4. The monoisotopic (exact) mass is 252 g/mol. The van der Waals surface area contributed by atoms with Crippen LogP contribution in [-0.2, 0) is 4.79 Å². The van der Waals surface area contributed by atoms with E-state index in [0.29, 0.717) is 19.5 Å². The smallest absolute Gasteiger partial charge is 0.303 e. The number of nitrogens with one attached hydrogen (secondary N) is 1. The molecule has 1 unspecified atom stereocenters. The Morgan fingerprint density at radius 3 is 3.06 bits per heavy atom. The van der Waals surface area contributed by atoms with Gasteiger partial charge in [0.25, 0.3) is 5.91 Å². The second-order valence-corrected chi connectivity index (χ2v) is 4.53. The molecule has 2 heterocycles. The van der Waals surface area contributed by atoms with Gasteiger partial charge in [-0.2, -0.15) is 5.10 Å². The van der Waals surface area contributed by atoms with Crippen molar-refractivity contribution in [3.63, 3.8) is 0 Å². The maximum atomic E-state index is 12.0. The normalized spacial score (nSPS) is 19.8. The highest BCUT2D eigenvalue weighted by Gasteiger charge is 2.26. The van der Waals surface area contributed by atoms with Crippen molar-refractivity contribution < 1.29 is 14.7 Å². The number of piperidine rings is 1. The van der Waals surface area contributed by atoms with Gasteiger partial charge in [-0.1, -0.05) is 0 Å². The number of amides is 1. The molecular formula is C11H16N4O3. The summed E-state index contributed by atoms with van der Waals surface area (Å²) < 4.78 is 0. The Balaban J connectivity index is 1.90. The summed E-state index contributed by atoms with van der Waals surface area (Å²) >= 11 is 0. The van der Waals surface area contributed by atoms with Crippen LogP contribution in [0, 0.1) is 5.92 Å². The number of aromatic nitrogens is 3. The fourth-order valence-electron chi connectivity index (χ4n) is 2.27. The number of likely N-dealkylation sites (tertiary alicyclic amines) is 1. The zero-order valence-corrected chi connectivity index (χ0v) is 10.0. The summed E-state index contributed by atoms with van der Waals surface area (Å²) in [5, 5.41) is 14.9. The molecule has 98 valence electrons. The first-order chi connectivity index (χ1) is 8.66. The molecule has 2 N–H and O–H groups in total. The summed E-state index contributed by atoms with van der Waals surface area (Å²) in [5.41, 5.74) is 0. The molecule has 1 saturated heterocycles. The number of hydrogen-bond acceptors (Lipinski definition) is 4. The van der Waals surface area contributed by atoms with Crippen molar-refractivity contribution in [2.24, 2.45) is 5.92 Å². The first-order valence-corrected chi connectivity index (χ1v) is 6.03. The van der Waals surface area contributed by atoms with Crippen LogP contribution in [0.2, 0.25) is 0 Å². The van der Waals surface area contributed by atoms with E-state index in [1.54, 1.807) is 4.90 Å². The molecule has 18 heavy (non-hydrogen) atoms. The number of rotatable bonds is 4. The highest BCUT2D eigenvalue weighted by Crippen LogP contribution is 2.21. The van der Waals surface area contributed by atoms with E-state index in [9.17, 15) is 9.59 Å². The SMILES string of the molecule is O=C(O)CCC1CCCN(C(=O)c2ncn[nH]2)C1. The molecular weight excluding hydrogens is 236 g/mol. The van der Waals surface area contributed by atoms with Crippen LogP contribution >= 0.6 is 0 Å². The molecule has 1 aliphatic heterocycles. The second-order valence-electron chi connectivity index (χ2n) is 4.53. The standard InChI is InChI=1S/C11H16N4O3/c16-9(17)4-3-8-2-1-5-15(6-8)11(18)10-12-7-13-14-10/h7-8H,1-6H2,(H,16,17)(H,12,13,14). The Bertz CT molecular complexity index is 418. The van der Waals surface area contributed by atoms with Gasteiger partial charge < -0.3 is 10.0 Å². The van der Waals surface area contributed by atoms with Gasteiger partial charge in [0.2, 0.25) is 5.82 Å². The molecule has 0 aliphatic carbocycles. The quantitative estimate of drug-likeness (QED) is 0.814. The minimum Gasteiger partial charge on any atom is -0.481 e. The van der Waals surface area contributed by atoms with E-state index in [1.165, 1.54) is 6.33 Å². The molecule has 2 rings (SSSR count). The molecule has 1 amide bonds. The first-order valence-electron chi connectivity index (χ1n) is 6.03. The summed E-state index contributed by atoms with van der Waals surface area (Å²) in [7, 11) is 0. The predicted molar refractivity (Wildman–Crippen MR) is 61.9 cm³/mol. The number of H-pyrrole nitrogens is 1. The van der Waals surface area contributed by atoms with Gasteiger partial charge in [-0.15, -0.1) is 0 Å². The van der Waals surface area contributed by atoms with Crippen LogP contribution < -0.4 is 0 Å². The first kappa shape index (κ1) is 12.5. The summed E-state index contributed by atoms with van der Waals surface area (Å²) in [5.74, 6) is -0.434. The Kier molecular flexibility index (Phi) is 3.91. The summed E-state index contributed by atoms with van der Waals surface area (Å²) in [6, 6.07) is 0. The molecule has 7 nitrogen and oxygen atoms in total. The van der Waals surface area contributed by atoms with Crippen LogP contribution in [-0.4, -0.2) is 50.2 Å². The van der Waals surface area contributed by atoms with E-state index in [2.05, 4.69) is 15.2 Å². The number of aromatic amines is 1. The number of hydrogen-bond donors (Lipinski definition) is 2. The van der Waals surface area contributed by atoms with Crippen molar-refractivity contribution in [1.82, 2.24) is 20.1 Å². The molecule has 0 aromatic carbocycles. The molecule has 1 aromatic heterocycles. The van der Waals surface area contributed by atoms with E-state index in [-0.39, 0.29) is 24.1 Å². The van der Waals surface area contributed by atoms with Gasteiger partial charge in [-0.3, -0.25) is 14.7 Å². The van der Waals surface area contributed by atoms with Crippen LogP contribution in [0.15, 0.2) is 6.33 Å². The molecule has 7 heteroatoms. The van der Waals surface area contributed by atoms with Crippen molar-refractivity contribution in [2.75, 3.05) is 13.1 Å². The van der Waals surface area contributed by atoms with Crippen molar-refractivity contribution in [3.05, 3.63) is 12.2 Å². The third-order valence-corrected chi connectivity index (χ3v) is 3.19. The number of aliphatic carboxylic acids is 1. The lowest BCUT2D eigenvalue weighted by atomic mass is 9.93. The molecule has 1 fully saturated rings. The Morgan fingerprint density at radius 1 is 1.56 bits per heavy atom. The van der Waals surface area contributed by atoms with Gasteiger partial charge >= 0.3 is 5.97 Å². The number of carboxylic acids is 1. The van der Waals surface area contributed by atoms with Crippen LogP contribution in [0.5, 0.6) is 0 Å². The lowest BCUT2D eigenvalue weighted by molar-refractivity contribution is -0.137. The minimum absolute atomic E-state index is 0.160. The van der Waals surface area contributed by atoms with Gasteiger partial charge in [0.15, 0.2) is 0 Å². The lowest BCUT2D eigenvalue weighted by Gasteiger charge is -2.31. The van der Waals surface area contributed by atoms with Gasteiger partial charge in [-0.05, 0) is 25.2 Å². The topological polar surface area (TPSA) is 99.2 Å². The average molecular weight is 252 g/mol. The molecule has 0 radical (unpaired) electrons. The van der Waals surface area contributed by atoms with Gasteiger partial charge in [0.1, 0.15) is 6.33 Å². The Morgan fingerprint density at radius 2 is 2.39 bits per heavy atom. The number of nitrogens with zero attached hydrogens (tertiary/aromatic N) is 3. The van der Waals surface area contributed by atoms with E-state index < -0.39 is 5.97 Å². The van der Waals surface area contributed by atoms with Gasteiger partial charge in [-0.25, -0.2) is 4.98 Å². The third kappa shape index (κ3) is 3.06. The lowest BCUT2D eigenvalue weighted by Crippen LogP contribution is -2.40. The zero-order valence-electron chi connectivity index (χ0n) is 10.0. The van der Waals surface area contributed by atoms with Gasteiger partial charge in [0.05, 0.1) is 0 Å². The molecule has 0 spiro atoms. The number of carbonyl (C=O) groups excluding carboxylic acids is 1. The maximum Gasteiger partial charge on any atom is 0.303 e. The van der Waals surface area contributed by atoms with E-state index >= 15 is 0 Å². The molecule has 1 aliphatic rings. The molecule has 0 saturated carbocycles. The maximum absolute atomic E-state index is 12.0. The third-order valence-electron chi connectivity index (χ3n) is 3.19. The fourth-order valence-corrected chi connectivity index (χ4v) is 2.27. The average Bonchev–Trinajstić information content (AvgIpc) is 2.89. The second kappa shape index (κ2) is 5.61. The van der Waals surface area contributed by atoms with Crippen molar-refractivity contribution in [2.45, 2.75) is 25.7 Å². The van der Waals surface area contributed by atoms with E-state index in [0.717, 1.165) is 12.8 Å². The fraction of sp³-hybridized carbons (Fsp3) is 0.636. The molecule has 1 aromatic rings. The van der Waals surface area contributed by atoms with Crippen molar-refractivity contribution >= 4 is 11.9 Å². The summed E-state index contributed by atoms with van der Waals surface area (Å²) in [6.07, 6.45) is 3.97. The van der Waals surface area contributed by atoms with Gasteiger partial charge in [0, 0.05) is 19.5 Å².